The lowest BCUT2D eigenvalue weighted by atomic mass is 9.87. The SMILES string of the molecule is CCC(O)(CC)C(=O)c1c(OC)cccc1OC. The molecular formula is C14H20O4. The predicted octanol–water partition coefficient (Wildman–Crippen LogP) is 2.44. The Labute approximate surface area is 108 Å². The van der Waals surface area contributed by atoms with Gasteiger partial charge in [-0.2, -0.15) is 0 Å². The molecule has 0 saturated heterocycles. The van der Waals surface area contributed by atoms with E-state index in [2.05, 4.69) is 0 Å². The van der Waals surface area contributed by atoms with Gasteiger partial charge in [-0.05, 0) is 25.0 Å². The van der Waals surface area contributed by atoms with Gasteiger partial charge in [-0.1, -0.05) is 19.9 Å². The average Bonchev–Trinajstić information content (AvgIpc) is 2.44. The fourth-order valence-electron chi connectivity index (χ4n) is 1.88. The minimum atomic E-state index is -1.37. The molecule has 0 spiro atoms. The lowest BCUT2D eigenvalue weighted by molar-refractivity contribution is 0.0272. The van der Waals surface area contributed by atoms with Gasteiger partial charge in [0.05, 0.1) is 14.2 Å². The molecule has 0 aromatic heterocycles. The van der Waals surface area contributed by atoms with E-state index in [1.807, 2.05) is 0 Å². The molecule has 18 heavy (non-hydrogen) atoms. The molecule has 100 valence electrons. The van der Waals surface area contributed by atoms with Gasteiger partial charge in [0.15, 0.2) is 0 Å². The van der Waals surface area contributed by atoms with E-state index in [4.69, 9.17) is 9.47 Å². The molecule has 0 aliphatic heterocycles. The third-order valence-electron chi connectivity index (χ3n) is 3.25. The highest BCUT2D eigenvalue weighted by molar-refractivity contribution is 6.06. The minimum absolute atomic E-state index is 0.300. The van der Waals surface area contributed by atoms with Crippen LogP contribution in [0.4, 0.5) is 0 Å². The molecule has 0 saturated carbocycles. The summed E-state index contributed by atoms with van der Waals surface area (Å²) in [5.74, 6) is 0.473. The Kier molecular flexibility index (Phi) is 4.73. The van der Waals surface area contributed by atoms with Crippen LogP contribution in [0, 0.1) is 0 Å². The molecule has 0 fully saturated rings. The fourth-order valence-corrected chi connectivity index (χ4v) is 1.88. The van der Waals surface area contributed by atoms with Crippen LogP contribution in [0.3, 0.4) is 0 Å². The van der Waals surface area contributed by atoms with Crippen molar-refractivity contribution in [2.75, 3.05) is 14.2 Å². The van der Waals surface area contributed by atoms with Gasteiger partial charge in [0.2, 0.25) is 5.78 Å². The smallest absolute Gasteiger partial charge is 0.201 e. The van der Waals surface area contributed by atoms with Gasteiger partial charge in [0.1, 0.15) is 22.7 Å². The molecule has 0 amide bonds. The summed E-state index contributed by atoms with van der Waals surface area (Å²) < 4.78 is 10.4. The minimum Gasteiger partial charge on any atom is -0.496 e. The normalized spacial score (nSPS) is 11.2. The third-order valence-corrected chi connectivity index (χ3v) is 3.25. The van der Waals surface area contributed by atoms with E-state index < -0.39 is 5.60 Å². The van der Waals surface area contributed by atoms with Crippen LogP contribution < -0.4 is 9.47 Å². The van der Waals surface area contributed by atoms with Crippen LogP contribution in [0.2, 0.25) is 0 Å². The monoisotopic (exact) mass is 252 g/mol. The number of hydrogen-bond acceptors (Lipinski definition) is 4. The molecule has 4 nitrogen and oxygen atoms in total. The highest BCUT2D eigenvalue weighted by Crippen LogP contribution is 2.33. The summed E-state index contributed by atoms with van der Waals surface area (Å²) in [5.41, 5.74) is -1.07. The lowest BCUT2D eigenvalue weighted by Gasteiger charge is -2.25. The first kappa shape index (κ1) is 14.5. The Morgan fingerprint density at radius 3 is 1.94 bits per heavy atom. The first-order chi connectivity index (χ1) is 8.53. The van der Waals surface area contributed by atoms with Gasteiger partial charge in [-0.15, -0.1) is 0 Å². The Morgan fingerprint density at radius 1 is 1.17 bits per heavy atom. The standard InChI is InChI=1S/C14H20O4/c1-5-14(16,6-2)13(15)12-10(17-3)8-7-9-11(12)18-4/h7-9,16H,5-6H2,1-4H3. The number of hydrogen-bond donors (Lipinski definition) is 1. The summed E-state index contributed by atoms with van der Waals surface area (Å²) >= 11 is 0. The van der Waals surface area contributed by atoms with Crippen molar-refractivity contribution >= 4 is 5.78 Å². The molecule has 1 rings (SSSR count). The first-order valence-electron chi connectivity index (χ1n) is 6.02. The van der Waals surface area contributed by atoms with Crippen molar-refractivity contribution in [1.29, 1.82) is 0 Å². The van der Waals surface area contributed by atoms with Crippen molar-refractivity contribution in [2.45, 2.75) is 32.3 Å². The Morgan fingerprint density at radius 2 is 1.61 bits per heavy atom. The van der Waals surface area contributed by atoms with E-state index >= 15 is 0 Å². The van der Waals surface area contributed by atoms with Crippen LogP contribution >= 0.6 is 0 Å². The molecule has 1 N–H and O–H groups in total. The van der Waals surface area contributed by atoms with Crippen molar-refractivity contribution in [2.24, 2.45) is 0 Å². The number of benzene rings is 1. The number of Topliss-reactive ketones (excluding diaryl/α,β-unsaturated/α-hetero) is 1. The van der Waals surface area contributed by atoms with Crippen molar-refractivity contribution in [3.05, 3.63) is 23.8 Å². The largest absolute Gasteiger partial charge is 0.496 e. The summed E-state index contributed by atoms with van der Waals surface area (Å²) in [6, 6.07) is 5.11. The highest BCUT2D eigenvalue weighted by Gasteiger charge is 2.36. The summed E-state index contributed by atoms with van der Waals surface area (Å²) in [4.78, 5) is 12.5. The van der Waals surface area contributed by atoms with E-state index in [1.54, 1.807) is 32.0 Å². The quantitative estimate of drug-likeness (QED) is 0.790. The van der Waals surface area contributed by atoms with Crippen LogP contribution in [0.1, 0.15) is 37.0 Å². The van der Waals surface area contributed by atoms with Gasteiger partial charge in [0.25, 0.3) is 0 Å². The number of ether oxygens (including phenoxy) is 2. The maximum Gasteiger partial charge on any atom is 0.201 e. The molecule has 1 aromatic rings. The van der Waals surface area contributed by atoms with Gasteiger partial charge >= 0.3 is 0 Å². The zero-order valence-corrected chi connectivity index (χ0v) is 11.3. The fraction of sp³-hybridized carbons (Fsp3) is 0.500. The molecule has 0 heterocycles. The van der Waals surface area contributed by atoms with E-state index in [9.17, 15) is 9.90 Å². The number of methoxy groups -OCH3 is 2. The summed E-state index contributed by atoms with van der Waals surface area (Å²) in [6.45, 7) is 3.56. The molecule has 4 heteroatoms. The third kappa shape index (κ3) is 2.48. The van der Waals surface area contributed by atoms with Crippen LogP contribution in [0.25, 0.3) is 0 Å². The Bertz CT molecular complexity index is 400. The van der Waals surface area contributed by atoms with Crippen molar-refractivity contribution < 1.29 is 19.4 Å². The van der Waals surface area contributed by atoms with Crippen LogP contribution in [0.15, 0.2) is 18.2 Å². The lowest BCUT2D eigenvalue weighted by Crippen LogP contribution is -2.37. The summed E-state index contributed by atoms with van der Waals surface area (Å²) in [7, 11) is 2.98. The molecule has 0 unspecified atom stereocenters. The number of rotatable bonds is 6. The molecule has 0 aliphatic carbocycles. The van der Waals surface area contributed by atoms with E-state index in [0.29, 0.717) is 29.9 Å². The van der Waals surface area contributed by atoms with Crippen LogP contribution in [-0.2, 0) is 0 Å². The molecule has 0 aliphatic rings. The number of ketones is 1. The molecule has 0 radical (unpaired) electrons. The van der Waals surface area contributed by atoms with Crippen molar-refractivity contribution in [3.63, 3.8) is 0 Å². The van der Waals surface area contributed by atoms with E-state index in [1.165, 1.54) is 14.2 Å². The second kappa shape index (κ2) is 5.87. The van der Waals surface area contributed by atoms with Gasteiger partial charge in [-0.25, -0.2) is 0 Å². The molecule has 0 bridgehead atoms. The van der Waals surface area contributed by atoms with Gasteiger partial charge < -0.3 is 14.6 Å². The van der Waals surface area contributed by atoms with Crippen molar-refractivity contribution in [3.8, 4) is 11.5 Å². The zero-order chi connectivity index (χ0) is 13.8. The topological polar surface area (TPSA) is 55.8 Å². The van der Waals surface area contributed by atoms with Crippen LogP contribution in [0.5, 0.6) is 11.5 Å². The highest BCUT2D eigenvalue weighted by atomic mass is 16.5. The Hall–Kier alpha value is -1.55. The summed E-state index contributed by atoms with van der Waals surface area (Å²) in [6.07, 6.45) is 0.701. The second-order valence-electron chi connectivity index (χ2n) is 4.11. The summed E-state index contributed by atoms with van der Waals surface area (Å²) in [5, 5.41) is 10.3. The molecule has 1 aromatic carbocycles. The van der Waals surface area contributed by atoms with Crippen LogP contribution in [-0.4, -0.2) is 30.7 Å². The van der Waals surface area contributed by atoms with E-state index in [0.717, 1.165) is 0 Å². The zero-order valence-electron chi connectivity index (χ0n) is 11.3. The van der Waals surface area contributed by atoms with Gasteiger partial charge in [-0.3, -0.25) is 4.79 Å². The number of carbonyl (C=O) groups is 1. The molecular weight excluding hydrogens is 232 g/mol. The number of carbonyl (C=O) groups excluding carboxylic acids is 1. The molecule has 0 atom stereocenters. The van der Waals surface area contributed by atoms with E-state index in [-0.39, 0.29) is 5.78 Å². The van der Waals surface area contributed by atoms with Crippen molar-refractivity contribution in [1.82, 2.24) is 0 Å². The number of aliphatic hydroxyl groups is 1. The second-order valence-corrected chi connectivity index (χ2v) is 4.11. The maximum absolute atomic E-state index is 12.5. The Balaban J connectivity index is 3.35. The maximum atomic E-state index is 12.5. The average molecular weight is 252 g/mol. The predicted molar refractivity (Wildman–Crippen MR) is 69.4 cm³/mol. The van der Waals surface area contributed by atoms with Gasteiger partial charge in [0, 0.05) is 0 Å². The first-order valence-corrected chi connectivity index (χ1v) is 6.02.